The Morgan fingerprint density at radius 3 is 2.83 bits per heavy atom. The van der Waals surface area contributed by atoms with Crippen LogP contribution < -0.4 is 9.47 Å². The number of rotatable bonds is 6. The number of aromatic nitrogens is 4. The molecule has 146 valence electrons. The lowest BCUT2D eigenvalue weighted by molar-refractivity contribution is 0.288. The van der Waals surface area contributed by atoms with E-state index in [1.54, 1.807) is 30.8 Å². The number of pyridine rings is 3. The minimum Gasteiger partial charge on any atom is -0.495 e. The average molecular weight is 404 g/mol. The number of nitrogens with zero attached hydrogens (tertiary/aromatic N) is 4. The van der Waals surface area contributed by atoms with Crippen LogP contribution in [0.2, 0.25) is 0 Å². The van der Waals surface area contributed by atoms with Crippen molar-refractivity contribution in [2.75, 3.05) is 13.7 Å². The van der Waals surface area contributed by atoms with E-state index in [2.05, 4.69) is 15.0 Å². The summed E-state index contributed by atoms with van der Waals surface area (Å²) < 4.78 is 11.4. The van der Waals surface area contributed by atoms with Gasteiger partial charge in [0.1, 0.15) is 5.75 Å². The molecule has 7 heteroatoms. The van der Waals surface area contributed by atoms with Crippen molar-refractivity contribution < 1.29 is 9.47 Å². The zero-order chi connectivity index (χ0) is 19.8. The second kappa shape index (κ2) is 7.40. The molecule has 0 spiro atoms. The van der Waals surface area contributed by atoms with E-state index in [-0.39, 0.29) is 0 Å². The molecule has 0 radical (unpaired) electrons. The third kappa shape index (κ3) is 3.53. The van der Waals surface area contributed by atoms with E-state index in [4.69, 9.17) is 14.5 Å². The highest BCUT2D eigenvalue weighted by molar-refractivity contribution is 7.13. The van der Waals surface area contributed by atoms with Gasteiger partial charge in [-0.2, -0.15) is 0 Å². The zero-order valence-electron chi connectivity index (χ0n) is 16.2. The summed E-state index contributed by atoms with van der Waals surface area (Å²) in [4.78, 5) is 19.2. The molecule has 6 nitrogen and oxygen atoms in total. The molecule has 0 amide bonds. The maximum atomic E-state index is 6.23. The summed E-state index contributed by atoms with van der Waals surface area (Å²) in [6.45, 7) is 2.62. The van der Waals surface area contributed by atoms with Crippen LogP contribution in [0.3, 0.4) is 0 Å². The molecule has 0 bridgehead atoms. The Morgan fingerprint density at radius 1 is 1.14 bits per heavy atom. The molecule has 0 saturated heterocycles. The standard InChI is InChI=1S/C22H20N4O2S/c1-13-21(29-12-25-13)17-9-20-19(4-3-7-23-20)26-22(17)28-11-14-8-16(14)18-6-5-15(27-2)10-24-18/h3-7,9-10,12,14,16H,8,11H2,1-2H3/t14-,16+/m1/s1. The van der Waals surface area contributed by atoms with Gasteiger partial charge in [0.25, 0.3) is 0 Å². The lowest BCUT2D eigenvalue weighted by Gasteiger charge is -2.11. The molecule has 0 unspecified atom stereocenters. The summed E-state index contributed by atoms with van der Waals surface area (Å²) in [7, 11) is 1.65. The predicted molar refractivity (Wildman–Crippen MR) is 113 cm³/mol. The first-order valence-electron chi connectivity index (χ1n) is 9.52. The molecular formula is C22H20N4O2S. The largest absolute Gasteiger partial charge is 0.495 e. The molecule has 4 aromatic rings. The van der Waals surface area contributed by atoms with E-state index >= 15 is 0 Å². The molecule has 1 fully saturated rings. The van der Waals surface area contributed by atoms with E-state index in [0.717, 1.165) is 45.0 Å². The number of hydrogen-bond donors (Lipinski definition) is 0. The minimum absolute atomic E-state index is 0.427. The van der Waals surface area contributed by atoms with E-state index in [0.29, 0.717) is 24.3 Å². The van der Waals surface area contributed by atoms with Crippen molar-refractivity contribution in [3.8, 4) is 22.1 Å². The van der Waals surface area contributed by atoms with Gasteiger partial charge >= 0.3 is 0 Å². The quantitative estimate of drug-likeness (QED) is 0.466. The number of methoxy groups -OCH3 is 1. The zero-order valence-corrected chi connectivity index (χ0v) is 17.0. The van der Waals surface area contributed by atoms with Crippen molar-refractivity contribution in [2.24, 2.45) is 5.92 Å². The summed E-state index contributed by atoms with van der Waals surface area (Å²) in [6.07, 6.45) is 4.63. The maximum Gasteiger partial charge on any atom is 0.222 e. The van der Waals surface area contributed by atoms with Crippen LogP contribution in [0.25, 0.3) is 21.5 Å². The van der Waals surface area contributed by atoms with E-state index in [1.165, 1.54) is 0 Å². The lowest BCUT2D eigenvalue weighted by Crippen LogP contribution is -2.04. The van der Waals surface area contributed by atoms with Gasteiger partial charge < -0.3 is 9.47 Å². The van der Waals surface area contributed by atoms with Gasteiger partial charge in [-0.1, -0.05) is 0 Å². The molecule has 1 saturated carbocycles. The monoisotopic (exact) mass is 404 g/mol. The Labute approximate surface area is 172 Å². The molecule has 1 aliphatic carbocycles. The molecule has 1 aliphatic rings. The van der Waals surface area contributed by atoms with Crippen molar-refractivity contribution >= 4 is 22.4 Å². The van der Waals surface area contributed by atoms with Gasteiger partial charge in [0.15, 0.2) is 0 Å². The SMILES string of the molecule is COc1ccc([C@H]2C[C@@H]2COc2nc3cccnc3cc2-c2scnc2C)nc1. The van der Waals surface area contributed by atoms with E-state index < -0.39 is 0 Å². The Hall–Kier alpha value is -3.06. The van der Waals surface area contributed by atoms with E-state index in [9.17, 15) is 0 Å². The Balaban J connectivity index is 1.38. The first-order chi connectivity index (χ1) is 14.2. The molecule has 2 atom stereocenters. The Morgan fingerprint density at radius 2 is 2.07 bits per heavy atom. The summed E-state index contributed by atoms with van der Waals surface area (Å²) in [5.41, 5.74) is 6.56. The third-order valence-corrected chi connectivity index (χ3v) is 6.23. The highest BCUT2D eigenvalue weighted by atomic mass is 32.1. The van der Waals surface area contributed by atoms with Crippen LogP contribution in [-0.2, 0) is 0 Å². The van der Waals surface area contributed by atoms with Crippen LogP contribution in [-0.4, -0.2) is 33.7 Å². The number of hydrogen-bond acceptors (Lipinski definition) is 7. The van der Waals surface area contributed by atoms with Gasteiger partial charge in [0.05, 0.1) is 52.6 Å². The minimum atomic E-state index is 0.427. The van der Waals surface area contributed by atoms with Gasteiger partial charge in [-0.05, 0) is 43.7 Å². The molecular weight excluding hydrogens is 384 g/mol. The fourth-order valence-corrected chi connectivity index (χ4v) is 4.34. The molecule has 5 rings (SSSR count). The summed E-state index contributed by atoms with van der Waals surface area (Å²) >= 11 is 1.60. The van der Waals surface area contributed by atoms with Gasteiger partial charge in [0.2, 0.25) is 5.88 Å². The van der Waals surface area contributed by atoms with Gasteiger partial charge in [-0.25, -0.2) is 9.97 Å². The second-order valence-corrected chi connectivity index (χ2v) is 8.04. The smallest absolute Gasteiger partial charge is 0.222 e. The van der Waals surface area contributed by atoms with Crippen molar-refractivity contribution in [1.82, 2.24) is 19.9 Å². The fourth-order valence-electron chi connectivity index (χ4n) is 3.53. The third-order valence-electron chi connectivity index (χ3n) is 5.27. The molecule has 0 N–H and O–H groups in total. The maximum absolute atomic E-state index is 6.23. The lowest BCUT2D eigenvalue weighted by atomic mass is 10.1. The molecule has 0 aromatic carbocycles. The number of fused-ring (bicyclic) bond motifs is 1. The Kier molecular flexibility index (Phi) is 4.60. The van der Waals surface area contributed by atoms with Gasteiger partial charge in [0, 0.05) is 23.7 Å². The number of ether oxygens (including phenoxy) is 2. The number of thiazole rings is 1. The first-order valence-corrected chi connectivity index (χ1v) is 10.4. The highest BCUT2D eigenvalue weighted by Crippen LogP contribution is 2.47. The number of aryl methyl sites for hydroxylation is 1. The van der Waals surface area contributed by atoms with Crippen molar-refractivity contribution in [2.45, 2.75) is 19.3 Å². The normalized spacial score (nSPS) is 18.0. The molecule has 4 heterocycles. The van der Waals surface area contributed by atoms with Crippen molar-refractivity contribution in [3.05, 3.63) is 59.6 Å². The summed E-state index contributed by atoms with van der Waals surface area (Å²) in [5, 5.41) is 0. The molecule has 4 aromatic heterocycles. The fraction of sp³-hybridized carbons (Fsp3) is 0.273. The van der Waals surface area contributed by atoms with E-state index in [1.807, 2.05) is 42.8 Å². The van der Waals surface area contributed by atoms with Crippen LogP contribution in [0.4, 0.5) is 0 Å². The average Bonchev–Trinajstić information content (AvgIpc) is 3.42. The van der Waals surface area contributed by atoms with Gasteiger partial charge in [-0.15, -0.1) is 11.3 Å². The van der Waals surface area contributed by atoms with Crippen LogP contribution in [0.5, 0.6) is 11.6 Å². The Bertz CT molecular complexity index is 1160. The predicted octanol–water partition coefficient (Wildman–Crippen LogP) is 4.65. The second-order valence-electron chi connectivity index (χ2n) is 7.19. The molecule has 0 aliphatic heterocycles. The molecule has 29 heavy (non-hydrogen) atoms. The van der Waals surface area contributed by atoms with Crippen LogP contribution in [0, 0.1) is 12.8 Å². The summed E-state index contributed by atoms with van der Waals surface area (Å²) in [5.74, 6) is 2.29. The van der Waals surface area contributed by atoms with Crippen molar-refractivity contribution in [3.63, 3.8) is 0 Å². The highest BCUT2D eigenvalue weighted by Gasteiger charge is 2.40. The van der Waals surface area contributed by atoms with Gasteiger partial charge in [-0.3, -0.25) is 9.97 Å². The van der Waals surface area contributed by atoms with Crippen LogP contribution in [0.1, 0.15) is 23.7 Å². The van der Waals surface area contributed by atoms with Crippen LogP contribution >= 0.6 is 11.3 Å². The van der Waals surface area contributed by atoms with Crippen molar-refractivity contribution in [1.29, 1.82) is 0 Å². The van der Waals surface area contributed by atoms with Crippen LogP contribution in [0.15, 0.2) is 48.2 Å². The summed E-state index contributed by atoms with van der Waals surface area (Å²) in [6, 6.07) is 9.90. The topological polar surface area (TPSA) is 70.0 Å². The first kappa shape index (κ1) is 18.0.